The Kier molecular flexibility index (Phi) is 7.17. The first kappa shape index (κ1) is 16.9. The molecule has 7 heteroatoms. The van der Waals surface area contributed by atoms with Crippen molar-refractivity contribution in [1.82, 2.24) is 5.32 Å². The summed E-state index contributed by atoms with van der Waals surface area (Å²) in [6.45, 7) is 0.599. The number of benzene rings is 1. The number of hydrogen-bond acceptors (Lipinski definition) is 4. The van der Waals surface area contributed by atoms with Crippen molar-refractivity contribution < 1.29 is 14.8 Å². The molecular formula is C14H21N3O4. The van der Waals surface area contributed by atoms with Crippen LogP contribution in [0.15, 0.2) is 24.3 Å². The average molecular weight is 295 g/mol. The van der Waals surface area contributed by atoms with Crippen molar-refractivity contribution in [3.05, 3.63) is 39.9 Å². The first-order valence-electron chi connectivity index (χ1n) is 6.94. The van der Waals surface area contributed by atoms with Gasteiger partial charge in [0.2, 0.25) is 0 Å². The quantitative estimate of drug-likeness (QED) is 0.582. The van der Waals surface area contributed by atoms with Crippen LogP contribution in [0.25, 0.3) is 0 Å². The lowest BCUT2D eigenvalue weighted by atomic mass is 9.95. The summed E-state index contributed by atoms with van der Waals surface area (Å²) in [5, 5.41) is 21.5. The number of nitrogens with two attached hydrogens (primary N) is 1. The molecule has 0 spiro atoms. The number of para-hydroxylation sites is 1. The molecule has 1 aromatic rings. The zero-order valence-corrected chi connectivity index (χ0v) is 11.8. The number of primary amides is 1. The van der Waals surface area contributed by atoms with Gasteiger partial charge in [0.05, 0.1) is 4.92 Å². The Balaban J connectivity index is 0.000000491. The molecule has 0 unspecified atom stereocenters. The standard InChI is InChI=1S/C13H18N2O2.CH3NO2/c16-15(17)13-9-5-4-6-11(13)10-14-12-7-2-1-3-8-12;2-1(3)4/h4-6,9,12,14H,1-3,7-8,10H2;2H2,(H,3,4). The lowest BCUT2D eigenvalue weighted by molar-refractivity contribution is -0.385. The summed E-state index contributed by atoms with van der Waals surface area (Å²) < 4.78 is 0. The number of amides is 1. The van der Waals surface area contributed by atoms with Crippen LogP contribution in [0.5, 0.6) is 0 Å². The van der Waals surface area contributed by atoms with Crippen molar-refractivity contribution in [3.8, 4) is 0 Å². The second-order valence-corrected chi connectivity index (χ2v) is 4.94. The molecule has 1 aliphatic carbocycles. The van der Waals surface area contributed by atoms with E-state index in [1.807, 2.05) is 12.1 Å². The summed E-state index contributed by atoms with van der Waals surface area (Å²) in [5.41, 5.74) is 5.03. The fourth-order valence-electron chi connectivity index (χ4n) is 2.40. The van der Waals surface area contributed by atoms with E-state index >= 15 is 0 Å². The summed E-state index contributed by atoms with van der Waals surface area (Å²) in [6, 6.07) is 7.49. The van der Waals surface area contributed by atoms with E-state index < -0.39 is 6.09 Å². The van der Waals surface area contributed by atoms with Gasteiger partial charge in [0.15, 0.2) is 0 Å². The molecule has 0 heterocycles. The van der Waals surface area contributed by atoms with Crippen LogP contribution >= 0.6 is 0 Å². The van der Waals surface area contributed by atoms with Crippen LogP contribution in [0.2, 0.25) is 0 Å². The number of nitro benzene ring substituents is 1. The van der Waals surface area contributed by atoms with E-state index in [0.29, 0.717) is 12.6 Å². The van der Waals surface area contributed by atoms with Gasteiger partial charge in [0, 0.05) is 24.2 Å². The third-order valence-electron chi connectivity index (χ3n) is 3.37. The molecule has 21 heavy (non-hydrogen) atoms. The molecule has 0 bridgehead atoms. The van der Waals surface area contributed by atoms with Gasteiger partial charge in [-0.25, -0.2) is 4.79 Å². The lowest BCUT2D eigenvalue weighted by Gasteiger charge is -2.22. The fourth-order valence-corrected chi connectivity index (χ4v) is 2.40. The summed E-state index contributed by atoms with van der Waals surface area (Å²) in [5.74, 6) is 0. The number of carbonyl (C=O) groups is 1. The van der Waals surface area contributed by atoms with Crippen LogP contribution in [0.3, 0.4) is 0 Å². The van der Waals surface area contributed by atoms with Gasteiger partial charge in [-0.05, 0) is 12.8 Å². The normalized spacial score (nSPS) is 14.9. The number of nitrogens with one attached hydrogen (secondary N) is 1. The Bertz CT molecular complexity index is 469. The monoisotopic (exact) mass is 295 g/mol. The first-order valence-corrected chi connectivity index (χ1v) is 6.94. The van der Waals surface area contributed by atoms with Crippen molar-refractivity contribution in [3.63, 3.8) is 0 Å². The molecule has 0 saturated heterocycles. The molecule has 0 aromatic heterocycles. The molecule has 0 radical (unpaired) electrons. The van der Waals surface area contributed by atoms with Crippen LogP contribution in [-0.4, -0.2) is 22.2 Å². The average Bonchev–Trinajstić information content (AvgIpc) is 2.46. The first-order chi connectivity index (χ1) is 10.0. The van der Waals surface area contributed by atoms with Gasteiger partial charge in [-0.3, -0.25) is 10.1 Å². The van der Waals surface area contributed by atoms with Crippen molar-refractivity contribution in [2.24, 2.45) is 5.73 Å². The largest absolute Gasteiger partial charge is 0.465 e. The van der Waals surface area contributed by atoms with Crippen LogP contribution in [-0.2, 0) is 6.54 Å². The molecule has 0 atom stereocenters. The SMILES string of the molecule is NC(=O)O.O=[N+]([O-])c1ccccc1CNC1CCCCC1. The van der Waals surface area contributed by atoms with E-state index in [9.17, 15) is 10.1 Å². The highest BCUT2D eigenvalue weighted by Gasteiger charge is 2.16. The van der Waals surface area contributed by atoms with E-state index in [2.05, 4.69) is 11.1 Å². The van der Waals surface area contributed by atoms with Crippen molar-refractivity contribution >= 4 is 11.8 Å². The van der Waals surface area contributed by atoms with Crippen LogP contribution in [0.4, 0.5) is 10.5 Å². The van der Waals surface area contributed by atoms with Crippen molar-refractivity contribution in [2.75, 3.05) is 0 Å². The molecule has 2 rings (SSSR count). The van der Waals surface area contributed by atoms with Gasteiger partial charge < -0.3 is 16.2 Å². The summed E-state index contributed by atoms with van der Waals surface area (Å²) >= 11 is 0. The molecular weight excluding hydrogens is 274 g/mol. The second kappa shape index (κ2) is 8.91. The molecule has 1 aromatic carbocycles. The minimum Gasteiger partial charge on any atom is -0.465 e. The number of nitro groups is 1. The Morgan fingerprint density at radius 3 is 2.48 bits per heavy atom. The molecule has 116 valence electrons. The lowest BCUT2D eigenvalue weighted by Crippen LogP contribution is -2.30. The Morgan fingerprint density at radius 1 is 1.33 bits per heavy atom. The van der Waals surface area contributed by atoms with Crippen LogP contribution in [0.1, 0.15) is 37.7 Å². The number of nitrogens with zero attached hydrogens (tertiary/aromatic N) is 1. The Hall–Kier alpha value is -2.15. The minimum atomic E-state index is -1.33. The van der Waals surface area contributed by atoms with Gasteiger partial charge in [-0.15, -0.1) is 0 Å². The smallest absolute Gasteiger partial charge is 0.402 e. The maximum absolute atomic E-state index is 10.9. The summed E-state index contributed by atoms with van der Waals surface area (Å²) in [7, 11) is 0. The van der Waals surface area contributed by atoms with Gasteiger partial charge in [0.25, 0.3) is 5.69 Å². The Morgan fingerprint density at radius 2 is 1.90 bits per heavy atom. The summed E-state index contributed by atoms with van der Waals surface area (Å²) in [6.07, 6.45) is 4.92. The van der Waals surface area contributed by atoms with E-state index in [-0.39, 0.29) is 10.6 Å². The summed E-state index contributed by atoms with van der Waals surface area (Å²) in [4.78, 5) is 19.3. The number of carboxylic acid groups (broad SMARTS) is 1. The van der Waals surface area contributed by atoms with Gasteiger partial charge >= 0.3 is 6.09 Å². The maximum Gasteiger partial charge on any atom is 0.402 e. The highest BCUT2D eigenvalue weighted by molar-refractivity contribution is 5.61. The van der Waals surface area contributed by atoms with Gasteiger partial charge in [0.1, 0.15) is 0 Å². The highest BCUT2D eigenvalue weighted by Crippen LogP contribution is 2.20. The predicted molar refractivity (Wildman–Crippen MR) is 79.0 cm³/mol. The number of rotatable bonds is 4. The molecule has 1 aliphatic rings. The third kappa shape index (κ3) is 6.71. The van der Waals surface area contributed by atoms with E-state index in [4.69, 9.17) is 9.90 Å². The maximum atomic E-state index is 10.9. The van der Waals surface area contributed by atoms with Gasteiger partial charge in [-0.2, -0.15) is 0 Å². The molecule has 1 saturated carbocycles. The fraction of sp³-hybridized carbons (Fsp3) is 0.500. The van der Waals surface area contributed by atoms with Crippen LogP contribution in [0, 0.1) is 10.1 Å². The van der Waals surface area contributed by atoms with E-state index in [1.165, 1.54) is 32.1 Å². The van der Waals surface area contributed by atoms with Gasteiger partial charge in [-0.1, -0.05) is 37.5 Å². The molecule has 1 fully saturated rings. The zero-order valence-electron chi connectivity index (χ0n) is 11.8. The molecule has 7 nitrogen and oxygen atoms in total. The van der Waals surface area contributed by atoms with Crippen molar-refractivity contribution in [1.29, 1.82) is 0 Å². The topological polar surface area (TPSA) is 118 Å². The second-order valence-electron chi connectivity index (χ2n) is 4.94. The molecule has 4 N–H and O–H groups in total. The predicted octanol–water partition coefficient (Wildman–Crippen LogP) is 2.64. The molecule has 1 amide bonds. The van der Waals surface area contributed by atoms with Crippen LogP contribution < -0.4 is 11.1 Å². The zero-order chi connectivity index (χ0) is 15.7. The third-order valence-corrected chi connectivity index (χ3v) is 3.37. The van der Waals surface area contributed by atoms with E-state index in [1.54, 1.807) is 12.1 Å². The molecule has 0 aliphatic heterocycles. The number of hydrogen-bond donors (Lipinski definition) is 3. The highest BCUT2D eigenvalue weighted by atomic mass is 16.6. The van der Waals surface area contributed by atoms with Crippen molar-refractivity contribution in [2.45, 2.75) is 44.7 Å². The Labute approximate surface area is 123 Å². The minimum absolute atomic E-state index is 0.218. The van der Waals surface area contributed by atoms with E-state index in [0.717, 1.165) is 5.56 Å².